The topological polar surface area (TPSA) is 227 Å². The van der Waals surface area contributed by atoms with Gasteiger partial charge >= 0.3 is 25.7 Å². The lowest BCUT2D eigenvalue weighted by molar-refractivity contribution is -0.150. The number of carboxylic acids is 1. The summed E-state index contributed by atoms with van der Waals surface area (Å²) in [6, 6.07) is 5.56. The van der Waals surface area contributed by atoms with Crippen molar-refractivity contribution in [3.63, 3.8) is 0 Å². The summed E-state index contributed by atoms with van der Waals surface area (Å²) < 4.78 is 38.9. The Bertz CT molecular complexity index is 1740. The number of halogens is 1. The third-order valence-corrected chi connectivity index (χ3v) is 9.11. The summed E-state index contributed by atoms with van der Waals surface area (Å²) in [5.41, 5.74) is 5.41. The normalized spacial score (nSPS) is 18.6. The lowest BCUT2D eigenvalue weighted by Crippen LogP contribution is -2.37. The van der Waals surface area contributed by atoms with Crippen LogP contribution in [0.5, 0.6) is 5.75 Å². The van der Waals surface area contributed by atoms with Gasteiger partial charge in [-0.2, -0.15) is 10.1 Å². The van der Waals surface area contributed by atoms with Gasteiger partial charge in [0, 0.05) is 24.0 Å². The number of aromatic amines is 1. The zero-order chi connectivity index (χ0) is 35.6. The maximum Gasteiger partial charge on any atom is 0.459 e. The number of fused-ring (bicyclic) bond motifs is 1. The SMILES string of the molecule is CCC(=O)O.CCC[C@H](C)OC(=O)[C@H](C)N[P@](=O)(OC[C@]1(COC(C)=O)C/C1=C/n1cnc2c(=O)[nH]c(N)nc21)Oc1ccc(Br)cc1. The zero-order valence-corrected chi connectivity index (χ0v) is 29.7. The molecule has 1 aliphatic rings. The molecule has 2 heterocycles. The number of ether oxygens (including phenoxy) is 2. The van der Waals surface area contributed by atoms with E-state index < -0.39 is 42.7 Å². The number of hydrogen-bond donors (Lipinski definition) is 4. The first-order valence-electron chi connectivity index (χ1n) is 15.1. The van der Waals surface area contributed by atoms with Gasteiger partial charge in [-0.25, -0.2) is 9.55 Å². The lowest BCUT2D eigenvalue weighted by Gasteiger charge is -2.25. The molecule has 4 atom stereocenters. The number of hydrogen-bond acceptors (Lipinski definition) is 12. The number of esters is 2. The van der Waals surface area contributed by atoms with E-state index in [1.165, 1.54) is 24.7 Å². The molecule has 3 aromatic rings. The molecule has 1 aliphatic carbocycles. The number of H-pyrrole nitrogens is 1. The predicted octanol–water partition coefficient (Wildman–Crippen LogP) is 4.65. The number of aliphatic carboxylic acids is 1. The molecule has 16 nitrogen and oxygen atoms in total. The smallest absolute Gasteiger partial charge is 0.459 e. The Morgan fingerprint density at radius 1 is 1.23 bits per heavy atom. The third-order valence-electron chi connectivity index (χ3n) is 6.95. The van der Waals surface area contributed by atoms with Crippen LogP contribution in [0.25, 0.3) is 17.4 Å². The molecule has 2 aromatic heterocycles. The van der Waals surface area contributed by atoms with E-state index in [1.807, 2.05) is 6.92 Å². The molecule has 262 valence electrons. The maximum absolute atomic E-state index is 14.1. The Kier molecular flexibility index (Phi) is 13.5. The molecule has 0 bridgehead atoms. The summed E-state index contributed by atoms with van der Waals surface area (Å²) in [6.07, 6.45) is 4.89. The van der Waals surface area contributed by atoms with E-state index in [2.05, 4.69) is 36.0 Å². The Labute approximate surface area is 285 Å². The second kappa shape index (κ2) is 16.9. The van der Waals surface area contributed by atoms with E-state index in [-0.39, 0.29) is 48.6 Å². The Morgan fingerprint density at radius 2 is 1.90 bits per heavy atom. The molecule has 0 radical (unpaired) electrons. The van der Waals surface area contributed by atoms with Gasteiger partial charge in [0.2, 0.25) is 5.95 Å². The number of benzene rings is 1. The van der Waals surface area contributed by atoms with Gasteiger partial charge in [0.05, 0.1) is 18.1 Å². The van der Waals surface area contributed by atoms with Crippen LogP contribution in [0.3, 0.4) is 0 Å². The first-order valence-corrected chi connectivity index (χ1v) is 17.4. The molecule has 48 heavy (non-hydrogen) atoms. The van der Waals surface area contributed by atoms with Crippen molar-refractivity contribution in [1.29, 1.82) is 0 Å². The van der Waals surface area contributed by atoms with Gasteiger partial charge in [-0.1, -0.05) is 36.2 Å². The molecule has 18 heteroatoms. The molecule has 0 spiro atoms. The van der Waals surface area contributed by atoms with E-state index in [0.717, 1.165) is 16.5 Å². The molecule has 0 aliphatic heterocycles. The lowest BCUT2D eigenvalue weighted by atomic mass is 10.1. The van der Waals surface area contributed by atoms with Crippen LogP contribution in [0.4, 0.5) is 5.95 Å². The van der Waals surface area contributed by atoms with Crippen molar-refractivity contribution in [2.45, 2.75) is 72.4 Å². The third kappa shape index (κ3) is 11.0. The summed E-state index contributed by atoms with van der Waals surface area (Å²) in [5.74, 6) is -1.70. The van der Waals surface area contributed by atoms with E-state index in [4.69, 9.17) is 29.4 Å². The van der Waals surface area contributed by atoms with Crippen molar-refractivity contribution in [2.24, 2.45) is 5.41 Å². The van der Waals surface area contributed by atoms with Crippen LogP contribution in [0.1, 0.15) is 60.3 Å². The standard InChI is InChI=1S/C27H34BrN6O8P.C3H6O2/c1-5-6-16(2)41-25(37)17(3)33-43(38,42-21-9-7-20(28)8-10-21)40-14-27(13-39-18(4)35)11-19(27)12-34-15-30-22-23(34)31-26(29)32-24(22)36;1-2-3(4)5/h7-10,12,15-17H,5-6,11,13-14H2,1-4H3,(H,33,38)(H3,29,31,32,36);2H2,1H3,(H,4,5)/b19-12-;/t16-,17-,27+,43-;/m0./s1. The second-order valence-corrected chi connectivity index (χ2v) is 13.7. The van der Waals surface area contributed by atoms with E-state index >= 15 is 0 Å². The van der Waals surface area contributed by atoms with Crippen LogP contribution >= 0.6 is 23.7 Å². The minimum atomic E-state index is -4.21. The number of nitrogen functional groups attached to an aromatic ring is 1. The molecule has 0 saturated heterocycles. The minimum Gasteiger partial charge on any atom is -0.481 e. The molecular formula is C30H40BrN6O10P. The largest absolute Gasteiger partial charge is 0.481 e. The molecule has 5 N–H and O–H groups in total. The molecule has 1 aromatic carbocycles. The monoisotopic (exact) mass is 754 g/mol. The molecule has 1 saturated carbocycles. The number of nitrogens with zero attached hydrogens (tertiary/aromatic N) is 3. The molecule has 0 amide bonds. The van der Waals surface area contributed by atoms with Gasteiger partial charge in [-0.05, 0) is 56.5 Å². The molecule has 4 rings (SSSR count). The first kappa shape index (κ1) is 38.4. The van der Waals surface area contributed by atoms with Gasteiger partial charge in [-0.15, -0.1) is 0 Å². The second-order valence-electron chi connectivity index (χ2n) is 11.1. The average Bonchev–Trinajstić information content (AvgIpc) is 3.55. The van der Waals surface area contributed by atoms with Crippen LogP contribution in [-0.2, 0) is 32.9 Å². The van der Waals surface area contributed by atoms with Crippen LogP contribution in [0.2, 0.25) is 0 Å². The number of nitrogens with two attached hydrogens (primary N) is 1. The summed E-state index contributed by atoms with van der Waals surface area (Å²) in [5, 5.41) is 10.4. The number of carbonyl (C=O) groups excluding carboxylic acids is 2. The Hall–Kier alpha value is -4.05. The molecular weight excluding hydrogens is 715 g/mol. The maximum atomic E-state index is 14.1. The number of anilines is 1. The summed E-state index contributed by atoms with van der Waals surface area (Å²) in [6.45, 7) is 7.86. The number of rotatable bonds is 15. The number of aromatic nitrogens is 4. The predicted molar refractivity (Wildman–Crippen MR) is 180 cm³/mol. The summed E-state index contributed by atoms with van der Waals surface area (Å²) in [7, 11) is -4.21. The van der Waals surface area contributed by atoms with Gasteiger partial charge in [0.25, 0.3) is 5.56 Å². The van der Waals surface area contributed by atoms with E-state index in [9.17, 15) is 23.7 Å². The summed E-state index contributed by atoms with van der Waals surface area (Å²) in [4.78, 5) is 56.7. The molecule has 1 fully saturated rings. The minimum absolute atomic E-state index is 0.0724. The van der Waals surface area contributed by atoms with Gasteiger partial charge in [0.1, 0.15) is 24.7 Å². The van der Waals surface area contributed by atoms with Gasteiger partial charge < -0.3 is 24.8 Å². The Morgan fingerprint density at radius 3 is 2.50 bits per heavy atom. The van der Waals surface area contributed by atoms with Crippen molar-refractivity contribution in [3.8, 4) is 5.75 Å². The number of imidazole rings is 1. The average molecular weight is 756 g/mol. The fraction of sp³-hybridized carbons (Fsp3) is 0.467. The number of carbonyl (C=O) groups is 3. The fourth-order valence-corrected chi connectivity index (χ4v) is 6.11. The quantitative estimate of drug-likeness (QED) is 0.122. The van der Waals surface area contributed by atoms with Gasteiger partial charge in [0.15, 0.2) is 11.2 Å². The highest BCUT2D eigenvalue weighted by Gasteiger charge is 2.52. The van der Waals surface area contributed by atoms with Crippen molar-refractivity contribution >= 4 is 64.9 Å². The van der Waals surface area contributed by atoms with E-state index in [0.29, 0.717) is 12.8 Å². The first-order chi connectivity index (χ1) is 22.6. The van der Waals surface area contributed by atoms with Crippen LogP contribution in [0.15, 0.2) is 45.4 Å². The van der Waals surface area contributed by atoms with Crippen LogP contribution in [-0.4, -0.2) is 67.9 Å². The van der Waals surface area contributed by atoms with Crippen molar-refractivity contribution in [2.75, 3.05) is 18.9 Å². The fourth-order valence-electron chi connectivity index (χ4n) is 4.27. The molecule has 0 unspecified atom stereocenters. The highest BCUT2D eigenvalue weighted by Crippen LogP contribution is 2.56. The van der Waals surface area contributed by atoms with Crippen molar-refractivity contribution in [3.05, 3.63) is 51.0 Å². The Balaban J connectivity index is 0.00000116. The van der Waals surface area contributed by atoms with Gasteiger partial charge in [-0.3, -0.25) is 33.3 Å². The van der Waals surface area contributed by atoms with E-state index in [1.54, 1.807) is 44.3 Å². The van der Waals surface area contributed by atoms with Crippen LogP contribution in [0, 0.1) is 5.41 Å². The van der Waals surface area contributed by atoms with Crippen LogP contribution < -0.4 is 20.9 Å². The highest BCUT2D eigenvalue weighted by molar-refractivity contribution is 9.10. The number of carboxylic acid groups (broad SMARTS) is 1. The number of nitrogens with one attached hydrogen (secondary N) is 2. The van der Waals surface area contributed by atoms with Crippen molar-refractivity contribution in [1.82, 2.24) is 24.6 Å². The van der Waals surface area contributed by atoms with Crippen molar-refractivity contribution < 1.29 is 42.6 Å². The zero-order valence-electron chi connectivity index (χ0n) is 27.2. The highest BCUT2D eigenvalue weighted by atomic mass is 79.9. The summed E-state index contributed by atoms with van der Waals surface area (Å²) >= 11 is 3.35.